The number of sulfonamides is 1. The summed E-state index contributed by atoms with van der Waals surface area (Å²) in [5.74, 6) is -0.458. The minimum Gasteiger partial charge on any atom is -0.322 e. The average molecular weight is 385 g/mol. The number of anilines is 1. The quantitative estimate of drug-likeness (QED) is 0.788. The predicted molar refractivity (Wildman–Crippen MR) is 96.7 cm³/mol. The van der Waals surface area contributed by atoms with Crippen molar-refractivity contribution in [1.29, 1.82) is 0 Å². The minimum atomic E-state index is -3.85. The molecule has 0 unspecified atom stereocenters. The Morgan fingerprint density at radius 1 is 1.17 bits per heavy atom. The number of benzene rings is 2. The van der Waals surface area contributed by atoms with Crippen LogP contribution < -0.4 is 10.5 Å². The molecule has 24 heavy (non-hydrogen) atoms. The van der Waals surface area contributed by atoms with Gasteiger partial charge in [-0.15, -0.1) is 0 Å². The number of carbonyl (C=O) groups is 1. The van der Waals surface area contributed by atoms with E-state index in [1.165, 1.54) is 24.3 Å². The van der Waals surface area contributed by atoms with Gasteiger partial charge in [-0.3, -0.25) is 4.79 Å². The number of aryl methyl sites for hydroxylation is 1. The molecule has 0 fully saturated rings. The first-order chi connectivity index (χ1) is 11.2. The van der Waals surface area contributed by atoms with Gasteiger partial charge in [0.05, 0.1) is 4.90 Å². The minimum absolute atomic E-state index is 0.0819. The van der Waals surface area contributed by atoms with E-state index in [2.05, 4.69) is 5.32 Å². The summed E-state index contributed by atoms with van der Waals surface area (Å²) >= 11 is 12.0. The Labute approximate surface area is 150 Å². The molecule has 0 spiro atoms. The zero-order valence-electron chi connectivity index (χ0n) is 12.6. The zero-order chi connectivity index (χ0) is 17.9. The van der Waals surface area contributed by atoms with Crippen molar-refractivity contribution in [2.45, 2.75) is 11.8 Å². The molecular formula is C16H14Cl2N2O3S. The average Bonchev–Trinajstić information content (AvgIpc) is 2.48. The molecule has 3 N–H and O–H groups in total. The van der Waals surface area contributed by atoms with Gasteiger partial charge in [0.1, 0.15) is 0 Å². The number of hydrogen-bond acceptors (Lipinski definition) is 3. The molecule has 2 aromatic carbocycles. The Hall–Kier alpha value is -1.86. The monoisotopic (exact) mass is 384 g/mol. The van der Waals surface area contributed by atoms with Crippen molar-refractivity contribution in [2.75, 3.05) is 5.32 Å². The number of halogens is 2. The van der Waals surface area contributed by atoms with Crippen LogP contribution in [-0.2, 0) is 14.8 Å². The van der Waals surface area contributed by atoms with Crippen LogP contribution in [0.5, 0.6) is 0 Å². The first kappa shape index (κ1) is 18.5. The van der Waals surface area contributed by atoms with E-state index in [4.69, 9.17) is 28.3 Å². The second-order valence-corrected chi connectivity index (χ2v) is 7.36. The van der Waals surface area contributed by atoms with Crippen molar-refractivity contribution in [2.24, 2.45) is 5.14 Å². The molecule has 1 amide bonds. The van der Waals surface area contributed by atoms with Gasteiger partial charge in [0, 0.05) is 27.4 Å². The molecule has 0 aromatic heterocycles. The highest BCUT2D eigenvalue weighted by Gasteiger charge is 2.11. The summed E-state index contributed by atoms with van der Waals surface area (Å²) in [4.78, 5) is 12.0. The Morgan fingerprint density at radius 2 is 1.79 bits per heavy atom. The second kappa shape index (κ2) is 7.36. The molecule has 0 bridgehead atoms. The van der Waals surface area contributed by atoms with Gasteiger partial charge in [-0.25, -0.2) is 13.6 Å². The summed E-state index contributed by atoms with van der Waals surface area (Å²) in [6.07, 6.45) is 2.75. The number of hydrogen-bond donors (Lipinski definition) is 2. The van der Waals surface area contributed by atoms with Gasteiger partial charge in [-0.1, -0.05) is 35.3 Å². The lowest BCUT2D eigenvalue weighted by atomic mass is 10.2. The molecule has 2 aromatic rings. The standard InChI is InChI=1S/C16H14Cl2N2O3S/c1-10-5-6-11(24(19,22)23)9-15(10)20-16(21)8-7-12-13(17)3-2-4-14(12)18/h2-9H,1H3,(H,20,21)(H2,19,22,23). The SMILES string of the molecule is Cc1ccc(S(N)(=O)=O)cc1NC(=O)C=Cc1c(Cl)cccc1Cl. The van der Waals surface area contributed by atoms with E-state index in [9.17, 15) is 13.2 Å². The van der Waals surface area contributed by atoms with Crippen molar-refractivity contribution < 1.29 is 13.2 Å². The molecule has 0 saturated heterocycles. The third-order valence-electron chi connectivity index (χ3n) is 3.20. The summed E-state index contributed by atoms with van der Waals surface area (Å²) in [6, 6.07) is 9.25. The van der Waals surface area contributed by atoms with E-state index in [1.807, 2.05) is 0 Å². The molecule has 0 atom stereocenters. The summed E-state index contributed by atoms with van der Waals surface area (Å²) in [6.45, 7) is 1.73. The number of nitrogens with one attached hydrogen (secondary N) is 1. The lowest BCUT2D eigenvalue weighted by molar-refractivity contribution is -0.111. The van der Waals surface area contributed by atoms with Crippen LogP contribution >= 0.6 is 23.2 Å². The van der Waals surface area contributed by atoms with Crippen LogP contribution in [0.1, 0.15) is 11.1 Å². The molecular weight excluding hydrogens is 371 g/mol. The Morgan fingerprint density at radius 3 is 2.38 bits per heavy atom. The number of amides is 1. The van der Waals surface area contributed by atoms with Gasteiger partial charge >= 0.3 is 0 Å². The van der Waals surface area contributed by atoms with Crippen LogP contribution in [0.25, 0.3) is 6.08 Å². The van der Waals surface area contributed by atoms with Crippen molar-refractivity contribution >= 4 is 50.9 Å². The van der Waals surface area contributed by atoms with Crippen LogP contribution in [0, 0.1) is 6.92 Å². The Balaban J connectivity index is 2.23. The molecule has 126 valence electrons. The fraction of sp³-hybridized carbons (Fsp3) is 0.0625. The Bertz CT molecular complexity index is 905. The van der Waals surface area contributed by atoms with Gasteiger partial charge < -0.3 is 5.32 Å². The number of primary sulfonamides is 1. The highest BCUT2D eigenvalue weighted by Crippen LogP contribution is 2.25. The summed E-state index contributed by atoms with van der Waals surface area (Å²) in [5, 5.41) is 8.52. The smallest absolute Gasteiger partial charge is 0.248 e. The largest absolute Gasteiger partial charge is 0.322 e. The van der Waals surface area contributed by atoms with E-state index < -0.39 is 15.9 Å². The van der Waals surface area contributed by atoms with E-state index in [0.29, 0.717) is 26.9 Å². The van der Waals surface area contributed by atoms with Crippen LogP contribution in [-0.4, -0.2) is 14.3 Å². The lowest BCUT2D eigenvalue weighted by Gasteiger charge is -2.08. The molecule has 8 heteroatoms. The van der Waals surface area contributed by atoms with E-state index in [0.717, 1.165) is 0 Å². The van der Waals surface area contributed by atoms with Crippen LogP contribution in [0.15, 0.2) is 47.4 Å². The van der Waals surface area contributed by atoms with Gasteiger partial charge in [-0.05, 0) is 42.8 Å². The molecule has 0 saturated carbocycles. The van der Waals surface area contributed by atoms with E-state index in [-0.39, 0.29) is 4.90 Å². The predicted octanol–water partition coefficient (Wildman–Crippen LogP) is 3.60. The summed E-state index contributed by atoms with van der Waals surface area (Å²) in [7, 11) is -3.85. The van der Waals surface area contributed by atoms with Crippen LogP contribution in [0.4, 0.5) is 5.69 Å². The molecule has 0 heterocycles. The van der Waals surface area contributed by atoms with Crippen molar-refractivity contribution in [3.63, 3.8) is 0 Å². The number of nitrogens with two attached hydrogens (primary N) is 1. The summed E-state index contributed by atoms with van der Waals surface area (Å²) < 4.78 is 22.8. The maximum absolute atomic E-state index is 12.1. The first-order valence-electron chi connectivity index (χ1n) is 6.75. The molecule has 5 nitrogen and oxygen atoms in total. The number of carbonyl (C=O) groups excluding carboxylic acids is 1. The van der Waals surface area contributed by atoms with Gasteiger partial charge in [0.2, 0.25) is 15.9 Å². The molecule has 0 radical (unpaired) electrons. The van der Waals surface area contributed by atoms with Crippen molar-refractivity contribution in [1.82, 2.24) is 0 Å². The molecule has 0 aliphatic heterocycles. The molecule has 2 rings (SSSR count). The van der Waals surface area contributed by atoms with E-state index in [1.54, 1.807) is 31.2 Å². The van der Waals surface area contributed by atoms with Gasteiger partial charge in [0.15, 0.2) is 0 Å². The van der Waals surface area contributed by atoms with Crippen molar-refractivity contribution in [3.05, 3.63) is 63.6 Å². The highest BCUT2D eigenvalue weighted by atomic mass is 35.5. The van der Waals surface area contributed by atoms with Gasteiger partial charge in [-0.2, -0.15) is 0 Å². The second-order valence-electron chi connectivity index (χ2n) is 4.98. The maximum Gasteiger partial charge on any atom is 0.248 e. The fourth-order valence-corrected chi connectivity index (χ4v) is 2.98. The fourth-order valence-electron chi connectivity index (χ4n) is 1.92. The lowest BCUT2D eigenvalue weighted by Crippen LogP contribution is -2.14. The zero-order valence-corrected chi connectivity index (χ0v) is 14.9. The van der Waals surface area contributed by atoms with Crippen molar-refractivity contribution in [3.8, 4) is 0 Å². The summed E-state index contributed by atoms with van der Waals surface area (Å²) in [5.41, 5.74) is 1.56. The van der Waals surface area contributed by atoms with Crippen LogP contribution in [0.2, 0.25) is 10.0 Å². The van der Waals surface area contributed by atoms with Gasteiger partial charge in [0.25, 0.3) is 0 Å². The van der Waals surface area contributed by atoms with Crippen LogP contribution in [0.3, 0.4) is 0 Å². The number of rotatable bonds is 4. The topological polar surface area (TPSA) is 89.3 Å². The third-order valence-corrected chi connectivity index (χ3v) is 4.77. The first-order valence-corrected chi connectivity index (χ1v) is 9.05. The van der Waals surface area contributed by atoms with E-state index >= 15 is 0 Å². The highest BCUT2D eigenvalue weighted by molar-refractivity contribution is 7.89. The Kier molecular flexibility index (Phi) is 5.66. The molecule has 0 aliphatic carbocycles. The maximum atomic E-state index is 12.1. The normalized spacial score (nSPS) is 11.7. The third kappa shape index (κ3) is 4.58. The molecule has 0 aliphatic rings.